The fraction of sp³-hybridized carbons (Fsp3) is 0.231. The standard InChI is InChI=1S/C13H13FN2O2/c1-8-9(2)16(7-15-8)6-11-4-3-10(13(17)18)5-12(11)14/h3-5,7H,6H2,1-2H3,(H,17,18). The maximum atomic E-state index is 13.7. The number of halogens is 1. The summed E-state index contributed by atoms with van der Waals surface area (Å²) in [5.74, 6) is -1.64. The van der Waals surface area contributed by atoms with Crippen molar-refractivity contribution >= 4 is 5.97 Å². The number of rotatable bonds is 3. The number of hydrogen-bond donors (Lipinski definition) is 1. The Balaban J connectivity index is 2.30. The van der Waals surface area contributed by atoms with Gasteiger partial charge in [0.2, 0.25) is 0 Å². The first-order valence-electron chi connectivity index (χ1n) is 5.49. The Morgan fingerprint density at radius 3 is 2.67 bits per heavy atom. The van der Waals surface area contributed by atoms with Crippen LogP contribution in [0.1, 0.15) is 27.3 Å². The van der Waals surface area contributed by atoms with E-state index in [1.54, 1.807) is 6.33 Å². The van der Waals surface area contributed by atoms with Gasteiger partial charge in [0.05, 0.1) is 24.1 Å². The average molecular weight is 248 g/mol. The van der Waals surface area contributed by atoms with Crippen LogP contribution in [0, 0.1) is 19.7 Å². The summed E-state index contributed by atoms with van der Waals surface area (Å²) < 4.78 is 15.6. The largest absolute Gasteiger partial charge is 0.478 e. The summed E-state index contributed by atoms with van der Waals surface area (Å²) in [5, 5.41) is 8.76. The molecule has 0 aliphatic heterocycles. The Hall–Kier alpha value is -2.17. The van der Waals surface area contributed by atoms with Gasteiger partial charge in [-0.05, 0) is 26.0 Å². The van der Waals surface area contributed by atoms with E-state index in [0.29, 0.717) is 12.1 Å². The van der Waals surface area contributed by atoms with Crippen molar-refractivity contribution in [1.29, 1.82) is 0 Å². The molecule has 1 heterocycles. The van der Waals surface area contributed by atoms with Crippen LogP contribution < -0.4 is 0 Å². The van der Waals surface area contributed by atoms with Gasteiger partial charge >= 0.3 is 5.97 Å². The Morgan fingerprint density at radius 1 is 1.44 bits per heavy atom. The predicted molar refractivity (Wildman–Crippen MR) is 64.2 cm³/mol. The number of aromatic carboxylic acids is 1. The van der Waals surface area contributed by atoms with Gasteiger partial charge in [0.15, 0.2) is 0 Å². The quantitative estimate of drug-likeness (QED) is 0.907. The average Bonchev–Trinajstić information content (AvgIpc) is 2.63. The van der Waals surface area contributed by atoms with Crippen LogP contribution in [0.25, 0.3) is 0 Å². The minimum absolute atomic E-state index is 0.0465. The second kappa shape index (κ2) is 4.60. The predicted octanol–water partition coefficient (Wildman–Crippen LogP) is 2.39. The Kier molecular flexibility index (Phi) is 3.14. The molecule has 0 aliphatic rings. The zero-order valence-electron chi connectivity index (χ0n) is 10.1. The van der Waals surface area contributed by atoms with Gasteiger partial charge in [0, 0.05) is 11.3 Å². The fourth-order valence-electron chi connectivity index (χ4n) is 1.70. The molecule has 0 unspecified atom stereocenters. The third-order valence-corrected chi connectivity index (χ3v) is 2.99. The molecule has 2 aromatic rings. The number of carboxylic acid groups (broad SMARTS) is 1. The molecule has 0 atom stereocenters. The van der Waals surface area contributed by atoms with Gasteiger partial charge < -0.3 is 9.67 Å². The number of aryl methyl sites for hydroxylation is 1. The molecular formula is C13H13FN2O2. The van der Waals surface area contributed by atoms with Crippen LogP contribution in [0.3, 0.4) is 0 Å². The molecule has 0 aliphatic carbocycles. The summed E-state index contributed by atoms with van der Waals surface area (Å²) in [7, 11) is 0. The second-order valence-electron chi connectivity index (χ2n) is 4.15. The minimum Gasteiger partial charge on any atom is -0.478 e. The molecule has 0 bridgehead atoms. The van der Waals surface area contributed by atoms with Crippen LogP contribution in [0.4, 0.5) is 4.39 Å². The molecule has 4 nitrogen and oxygen atoms in total. The van der Waals surface area contributed by atoms with E-state index in [9.17, 15) is 9.18 Å². The van der Waals surface area contributed by atoms with E-state index in [-0.39, 0.29) is 5.56 Å². The molecule has 0 amide bonds. The van der Waals surface area contributed by atoms with Crippen LogP contribution in [-0.4, -0.2) is 20.6 Å². The van der Waals surface area contributed by atoms with Crippen LogP contribution in [0.15, 0.2) is 24.5 Å². The first kappa shape index (κ1) is 12.3. The van der Waals surface area contributed by atoms with Gasteiger partial charge in [-0.2, -0.15) is 0 Å². The van der Waals surface area contributed by atoms with E-state index in [2.05, 4.69) is 4.98 Å². The van der Waals surface area contributed by atoms with E-state index in [1.165, 1.54) is 12.1 Å². The van der Waals surface area contributed by atoms with Crippen molar-refractivity contribution in [2.75, 3.05) is 0 Å². The van der Waals surface area contributed by atoms with Crippen molar-refractivity contribution in [2.24, 2.45) is 0 Å². The second-order valence-corrected chi connectivity index (χ2v) is 4.15. The zero-order chi connectivity index (χ0) is 13.3. The number of carbonyl (C=O) groups is 1. The Bertz CT molecular complexity index is 605. The summed E-state index contributed by atoms with van der Waals surface area (Å²) in [6.45, 7) is 4.14. The number of imidazole rings is 1. The molecular weight excluding hydrogens is 235 g/mol. The molecule has 0 spiro atoms. The van der Waals surface area contributed by atoms with Crippen molar-refractivity contribution in [3.05, 3.63) is 52.9 Å². The first-order chi connectivity index (χ1) is 8.49. The number of nitrogens with zero attached hydrogens (tertiary/aromatic N) is 2. The first-order valence-corrected chi connectivity index (χ1v) is 5.49. The van der Waals surface area contributed by atoms with Gasteiger partial charge in [-0.3, -0.25) is 0 Å². The minimum atomic E-state index is -1.13. The highest BCUT2D eigenvalue weighted by Crippen LogP contribution is 2.14. The van der Waals surface area contributed by atoms with E-state index in [1.807, 2.05) is 18.4 Å². The van der Waals surface area contributed by atoms with Gasteiger partial charge in [-0.1, -0.05) is 6.07 Å². The molecule has 0 fully saturated rings. The van der Waals surface area contributed by atoms with Crippen molar-refractivity contribution < 1.29 is 14.3 Å². The molecule has 94 valence electrons. The van der Waals surface area contributed by atoms with E-state index >= 15 is 0 Å². The van der Waals surface area contributed by atoms with E-state index < -0.39 is 11.8 Å². The molecule has 18 heavy (non-hydrogen) atoms. The highest BCUT2D eigenvalue weighted by molar-refractivity contribution is 5.87. The summed E-state index contributed by atoms with van der Waals surface area (Å²) in [6.07, 6.45) is 1.65. The molecule has 1 aromatic carbocycles. The lowest BCUT2D eigenvalue weighted by Gasteiger charge is -2.07. The molecule has 1 aromatic heterocycles. The van der Waals surface area contributed by atoms with Crippen molar-refractivity contribution in [2.45, 2.75) is 20.4 Å². The number of benzene rings is 1. The Labute approximate surface area is 104 Å². The SMILES string of the molecule is Cc1ncn(Cc2ccc(C(=O)O)cc2F)c1C. The van der Waals surface area contributed by atoms with Crippen LogP contribution >= 0.6 is 0 Å². The molecule has 5 heteroatoms. The van der Waals surface area contributed by atoms with Gasteiger partial charge in [-0.25, -0.2) is 14.2 Å². The smallest absolute Gasteiger partial charge is 0.335 e. The summed E-state index contributed by atoms with van der Waals surface area (Å²) in [5.41, 5.74) is 2.27. The third kappa shape index (κ3) is 2.25. The zero-order valence-corrected chi connectivity index (χ0v) is 10.1. The monoisotopic (exact) mass is 248 g/mol. The summed E-state index contributed by atoms with van der Waals surface area (Å²) >= 11 is 0. The van der Waals surface area contributed by atoms with Crippen molar-refractivity contribution in [3.8, 4) is 0 Å². The molecule has 0 saturated carbocycles. The van der Waals surface area contributed by atoms with E-state index in [0.717, 1.165) is 17.5 Å². The third-order valence-electron chi connectivity index (χ3n) is 2.99. The van der Waals surface area contributed by atoms with Crippen molar-refractivity contribution in [1.82, 2.24) is 9.55 Å². The molecule has 1 N–H and O–H groups in total. The van der Waals surface area contributed by atoms with Gasteiger partial charge in [0.1, 0.15) is 5.82 Å². The van der Waals surface area contributed by atoms with Crippen molar-refractivity contribution in [3.63, 3.8) is 0 Å². The number of aromatic nitrogens is 2. The lowest BCUT2D eigenvalue weighted by Crippen LogP contribution is -2.05. The lowest BCUT2D eigenvalue weighted by molar-refractivity contribution is 0.0696. The lowest BCUT2D eigenvalue weighted by atomic mass is 10.1. The maximum absolute atomic E-state index is 13.7. The summed E-state index contributed by atoms with van der Waals surface area (Å²) in [6, 6.07) is 3.93. The van der Waals surface area contributed by atoms with Gasteiger partial charge in [-0.15, -0.1) is 0 Å². The fourth-order valence-corrected chi connectivity index (χ4v) is 1.70. The topological polar surface area (TPSA) is 55.1 Å². The highest BCUT2D eigenvalue weighted by Gasteiger charge is 2.10. The number of carboxylic acids is 1. The van der Waals surface area contributed by atoms with Gasteiger partial charge in [0.25, 0.3) is 0 Å². The highest BCUT2D eigenvalue weighted by atomic mass is 19.1. The maximum Gasteiger partial charge on any atom is 0.335 e. The molecule has 0 radical (unpaired) electrons. The van der Waals surface area contributed by atoms with Crippen LogP contribution in [-0.2, 0) is 6.54 Å². The molecule has 0 saturated heterocycles. The normalized spacial score (nSPS) is 10.6. The number of hydrogen-bond acceptors (Lipinski definition) is 2. The Morgan fingerprint density at radius 2 is 2.17 bits per heavy atom. The van der Waals surface area contributed by atoms with E-state index in [4.69, 9.17) is 5.11 Å². The van der Waals surface area contributed by atoms with Crippen LogP contribution in [0.2, 0.25) is 0 Å². The molecule has 2 rings (SSSR count). The summed E-state index contributed by atoms with van der Waals surface area (Å²) in [4.78, 5) is 14.8. The van der Waals surface area contributed by atoms with Crippen LogP contribution in [0.5, 0.6) is 0 Å².